The molecule has 0 saturated carbocycles. The summed E-state index contributed by atoms with van der Waals surface area (Å²) in [4.78, 5) is 15.1. The number of aryl methyl sites for hydroxylation is 1. The van der Waals surface area contributed by atoms with Crippen LogP contribution in [0.1, 0.15) is 24.6 Å². The molecule has 0 amide bonds. The van der Waals surface area contributed by atoms with Crippen LogP contribution in [0.25, 0.3) is 0 Å². The van der Waals surface area contributed by atoms with Crippen LogP contribution in [0.5, 0.6) is 5.88 Å². The average molecular weight is 304 g/mol. The molecular weight excluding hydrogens is 284 g/mol. The summed E-state index contributed by atoms with van der Waals surface area (Å²) in [5, 5.41) is 7.32. The quantitative estimate of drug-likeness (QED) is 0.883. The van der Waals surface area contributed by atoms with Crippen molar-refractivity contribution in [1.29, 1.82) is 0 Å². The minimum absolute atomic E-state index is 0.300. The Morgan fingerprint density at radius 2 is 2.36 bits per heavy atom. The summed E-state index contributed by atoms with van der Waals surface area (Å²) in [6.45, 7) is 4.44. The summed E-state index contributed by atoms with van der Waals surface area (Å²) < 4.78 is 10.1. The minimum atomic E-state index is 0.300. The summed E-state index contributed by atoms with van der Waals surface area (Å²) in [5.41, 5.74) is 0. The highest BCUT2D eigenvalue weighted by Crippen LogP contribution is 2.16. The first kappa shape index (κ1) is 14.7. The number of nitrogens with zero attached hydrogens (tertiary/aromatic N) is 5. The molecule has 0 bridgehead atoms. The van der Waals surface area contributed by atoms with E-state index in [9.17, 15) is 0 Å². The normalized spacial score (nSPS) is 19.1. The number of rotatable bonds is 5. The zero-order valence-electron chi connectivity index (χ0n) is 12.8. The van der Waals surface area contributed by atoms with Gasteiger partial charge in [-0.2, -0.15) is 9.97 Å². The maximum Gasteiger partial charge on any atom is 0.226 e. The van der Waals surface area contributed by atoms with E-state index in [1.807, 2.05) is 0 Å². The van der Waals surface area contributed by atoms with Gasteiger partial charge in [0.2, 0.25) is 17.7 Å². The molecule has 0 aliphatic carbocycles. The summed E-state index contributed by atoms with van der Waals surface area (Å²) in [5.74, 6) is 2.50. The highest BCUT2D eigenvalue weighted by Gasteiger charge is 2.22. The van der Waals surface area contributed by atoms with E-state index < -0.39 is 0 Å². The van der Waals surface area contributed by atoms with Crippen molar-refractivity contribution in [3.05, 3.63) is 24.0 Å². The lowest BCUT2D eigenvalue weighted by Crippen LogP contribution is -2.42. The van der Waals surface area contributed by atoms with Crippen molar-refractivity contribution in [2.24, 2.45) is 0 Å². The largest absolute Gasteiger partial charge is 0.481 e. The molecule has 1 N–H and O–H groups in total. The Bertz CT molecular complexity index is 617. The maximum absolute atomic E-state index is 5.12. The molecule has 1 saturated heterocycles. The monoisotopic (exact) mass is 304 g/mol. The smallest absolute Gasteiger partial charge is 0.226 e. The van der Waals surface area contributed by atoms with Crippen LogP contribution < -0.4 is 10.1 Å². The molecule has 1 aliphatic rings. The number of likely N-dealkylation sites (tertiary alicyclic amines) is 1. The molecule has 3 heterocycles. The standard InChI is InChI=1S/C14H20N6O2/c1-10-16-12(19-22-10)9-20-7-3-4-11(8-20)17-14-15-6-5-13(18-14)21-2/h5-6,11H,3-4,7-9H2,1-2H3,(H,15,17,18)/t11-/m0/s1. The zero-order valence-corrected chi connectivity index (χ0v) is 12.8. The van der Waals surface area contributed by atoms with Crippen molar-refractivity contribution in [2.75, 3.05) is 25.5 Å². The number of ether oxygens (including phenoxy) is 1. The van der Waals surface area contributed by atoms with Gasteiger partial charge in [-0.05, 0) is 19.4 Å². The van der Waals surface area contributed by atoms with Gasteiger partial charge in [0.25, 0.3) is 0 Å². The number of nitrogens with one attached hydrogen (secondary N) is 1. The van der Waals surface area contributed by atoms with E-state index in [0.29, 0.717) is 30.3 Å². The van der Waals surface area contributed by atoms with Gasteiger partial charge in [0.15, 0.2) is 5.82 Å². The fraction of sp³-hybridized carbons (Fsp3) is 0.571. The molecule has 8 heteroatoms. The zero-order chi connectivity index (χ0) is 15.4. The molecule has 1 atom stereocenters. The van der Waals surface area contributed by atoms with Crippen LogP contribution in [-0.4, -0.2) is 51.2 Å². The van der Waals surface area contributed by atoms with Crippen LogP contribution in [0.3, 0.4) is 0 Å². The van der Waals surface area contributed by atoms with Gasteiger partial charge in [-0.15, -0.1) is 0 Å². The fourth-order valence-electron chi connectivity index (χ4n) is 2.63. The van der Waals surface area contributed by atoms with E-state index in [-0.39, 0.29) is 0 Å². The predicted octanol–water partition coefficient (Wildman–Crippen LogP) is 1.25. The van der Waals surface area contributed by atoms with Crippen molar-refractivity contribution >= 4 is 5.95 Å². The second-order valence-corrected chi connectivity index (χ2v) is 5.37. The van der Waals surface area contributed by atoms with Gasteiger partial charge in [-0.1, -0.05) is 5.16 Å². The van der Waals surface area contributed by atoms with Crippen LogP contribution in [0.4, 0.5) is 5.95 Å². The summed E-state index contributed by atoms with van der Waals surface area (Å²) in [7, 11) is 1.60. The molecule has 0 aromatic carbocycles. The van der Waals surface area contributed by atoms with Crippen molar-refractivity contribution in [3.63, 3.8) is 0 Å². The van der Waals surface area contributed by atoms with Crippen molar-refractivity contribution in [3.8, 4) is 5.88 Å². The highest BCUT2D eigenvalue weighted by molar-refractivity contribution is 5.29. The van der Waals surface area contributed by atoms with E-state index in [0.717, 1.165) is 31.8 Å². The summed E-state index contributed by atoms with van der Waals surface area (Å²) >= 11 is 0. The number of aromatic nitrogens is 4. The van der Waals surface area contributed by atoms with Crippen molar-refractivity contribution < 1.29 is 9.26 Å². The first-order valence-electron chi connectivity index (χ1n) is 7.38. The molecule has 8 nitrogen and oxygen atoms in total. The van der Waals surface area contributed by atoms with Crippen LogP contribution in [-0.2, 0) is 6.54 Å². The lowest BCUT2D eigenvalue weighted by molar-refractivity contribution is 0.201. The van der Waals surface area contributed by atoms with E-state index in [4.69, 9.17) is 9.26 Å². The van der Waals surface area contributed by atoms with Gasteiger partial charge in [-0.3, -0.25) is 4.90 Å². The Morgan fingerprint density at radius 1 is 1.45 bits per heavy atom. The highest BCUT2D eigenvalue weighted by atomic mass is 16.5. The van der Waals surface area contributed by atoms with Crippen LogP contribution >= 0.6 is 0 Å². The van der Waals surface area contributed by atoms with Crippen LogP contribution in [0.15, 0.2) is 16.8 Å². The number of methoxy groups -OCH3 is 1. The molecule has 0 radical (unpaired) electrons. The SMILES string of the molecule is COc1ccnc(N[C@H]2CCCN(Cc3noc(C)n3)C2)n1. The van der Waals surface area contributed by atoms with Crippen LogP contribution in [0.2, 0.25) is 0 Å². The first-order valence-corrected chi connectivity index (χ1v) is 7.38. The first-order chi connectivity index (χ1) is 10.7. The summed E-state index contributed by atoms with van der Waals surface area (Å²) in [6.07, 6.45) is 3.89. The third-order valence-electron chi connectivity index (χ3n) is 3.61. The molecule has 0 unspecified atom stereocenters. The number of piperidine rings is 1. The third-order valence-corrected chi connectivity index (χ3v) is 3.61. The van der Waals surface area contributed by atoms with Gasteiger partial charge < -0.3 is 14.6 Å². The molecule has 0 spiro atoms. The van der Waals surface area contributed by atoms with E-state index in [1.165, 1.54) is 0 Å². The molecular formula is C14H20N6O2. The molecule has 22 heavy (non-hydrogen) atoms. The molecule has 3 rings (SSSR count). The second-order valence-electron chi connectivity index (χ2n) is 5.37. The minimum Gasteiger partial charge on any atom is -0.481 e. The Kier molecular flexibility index (Phi) is 4.47. The van der Waals surface area contributed by atoms with Crippen molar-refractivity contribution in [2.45, 2.75) is 32.4 Å². The molecule has 2 aromatic heterocycles. The lowest BCUT2D eigenvalue weighted by atomic mass is 10.1. The third kappa shape index (κ3) is 3.70. The van der Waals surface area contributed by atoms with Crippen molar-refractivity contribution in [1.82, 2.24) is 25.0 Å². The molecule has 118 valence electrons. The predicted molar refractivity (Wildman–Crippen MR) is 79.5 cm³/mol. The Labute approximate surface area is 128 Å². The van der Waals surface area contributed by atoms with E-state index >= 15 is 0 Å². The molecule has 1 aliphatic heterocycles. The van der Waals surface area contributed by atoms with E-state index in [2.05, 4.69) is 30.3 Å². The van der Waals surface area contributed by atoms with Gasteiger partial charge in [0.05, 0.1) is 13.7 Å². The number of hydrogen-bond donors (Lipinski definition) is 1. The van der Waals surface area contributed by atoms with Gasteiger partial charge >= 0.3 is 0 Å². The number of anilines is 1. The lowest BCUT2D eigenvalue weighted by Gasteiger charge is -2.32. The Morgan fingerprint density at radius 3 is 3.14 bits per heavy atom. The van der Waals surface area contributed by atoms with Crippen LogP contribution in [0, 0.1) is 6.92 Å². The Balaban J connectivity index is 1.58. The molecule has 2 aromatic rings. The Hall–Kier alpha value is -2.22. The molecule has 1 fully saturated rings. The summed E-state index contributed by atoms with van der Waals surface area (Å²) in [6, 6.07) is 2.03. The average Bonchev–Trinajstić information content (AvgIpc) is 2.93. The second kappa shape index (κ2) is 6.69. The maximum atomic E-state index is 5.12. The van der Waals surface area contributed by atoms with E-state index in [1.54, 1.807) is 26.3 Å². The topological polar surface area (TPSA) is 89.2 Å². The van der Waals surface area contributed by atoms with Gasteiger partial charge in [-0.25, -0.2) is 4.98 Å². The van der Waals surface area contributed by atoms with Gasteiger partial charge in [0, 0.05) is 31.8 Å². The van der Waals surface area contributed by atoms with Gasteiger partial charge in [0.1, 0.15) is 0 Å². The fourth-order valence-corrected chi connectivity index (χ4v) is 2.63. The number of hydrogen-bond acceptors (Lipinski definition) is 8.